The molecule has 19 heavy (non-hydrogen) atoms. The molecule has 0 radical (unpaired) electrons. The fraction of sp³-hybridized carbons (Fsp3) is 0.154. The summed E-state index contributed by atoms with van der Waals surface area (Å²) in [6.45, 7) is 5.15. The summed E-state index contributed by atoms with van der Waals surface area (Å²) in [5.74, 6) is 0. The number of nitro benzene ring substituents is 1. The Labute approximate surface area is 121 Å². The predicted octanol–water partition coefficient (Wildman–Crippen LogP) is -1.08. The van der Waals surface area contributed by atoms with Crippen molar-refractivity contribution in [3.05, 3.63) is 71.3 Å². The topological polar surface area (TPSA) is 52.0 Å². The zero-order valence-corrected chi connectivity index (χ0v) is 11.9. The fourth-order valence-electron chi connectivity index (χ4n) is 1.72. The van der Waals surface area contributed by atoms with Gasteiger partial charge in [-0.3, -0.25) is 10.1 Å². The van der Waals surface area contributed by atoms with Gasteiger partial charge in [-0.05, 0) is 17.7 Å². The highest BCUT2D eigenvalue weighted by atomic mass is 79.9. The number of aromatic nitrogens is 2. The second-order valence-corrected chi connectivity index (χ2v) is 3.99. The van der Waals surface area contributed by atoms with E-state index in [1.807, 2.05) is 33.9 Å². The van der Waals surface area contributed by atoms with E-state index in [9.17, 15) is 10.1 Å². The van der Waals surface area contributed by atoms with Crippen molar-refractivity contribution in [2.75, 3.05) is 0 Å². The number of hydrogen-bond donors (Lipinski definition) is 0. The lowest BCUT2D eigenvalue weighted by Crippen LogP contribution is -3.00. The van der Waals surface area contributed by atoms with Gasteiger partial charge in [-0.1, -0.05) is 12.7 Å². The van der Waals surface area contributed by atoms with Gasteiger partial charge in [-0.15, -0.1) is 0 Å². The van der Waals surface area contributed by atoms with E-state index >= 15 is 0 Å². The Balaban J connectivity index is 0.00000180. The lowest BCUT2D eigenvalue weighted by molar-refractivity contribution is -0.687. The minimum Gasteiger partial charge on any atom is -1.00 e. The molecule has 0 fully saturated rings. The lowest BCUT2D eigenvalue weighted by atomic mass is 10.2. The summed E-state index contributed by atoms with van der Waals surface area (Å²) < 4.78 is 4.03. The summed E-state index contributed by atoms with van der Waals surface area (Å²) in [6, 6.07) is 6.60. The van der Waals surface area contributed by atoms with Crippen LogP contribution in [0.15, 0.2) is 55.6 Å². The first-order chi connectivity index (χ1) is 8.69. The van der Waals surface area contributed by atoms with Gasteiger partial charge in [-0.25, -0.2) is 9.13 Å². The summed E-state index contributed by atoms with van der Waals surface area (Å²) >= 11 is 0. The number of hydrogen-bond acceptors (Lipinski definition) is 2. The summed E-state index contributed by atoms with van der Waals surface area (Å²) in [5.41, 5.74) is 1.15. The van der Waals surface area contributed by atoms with Crippen LogP contribution in [0.1, 0.15) is 5.56 Å². The van der Waals surface area contributed by atoms with E-state index in [1.165, 1.54) is 12.1 Å². The molecular weight excluding hydrogens is 310 g/mol. The van der Waals surface area contributed by atoms with E-state index < -0.39 is 4.92 Å². The summed E-state index contributed by atoms with van der Waals surface area (Å²) in [5, 5.41) is 10.5. The summed E-state index contributed by atoms with van der Waals surface area (Å²) in [4.78, 5) is 10.1. The molecule has 5 nitrogen and oxygen atoms in total. The second kappa shape index (κ2) is 6.84. The number of benzene rings is 1. The molecule has 0 N–H and O–H groups in total. The monoisotopic (exact) mass is 323 g/mol. The van der Waals surface area contributed by atoms with Crippen molar-refractivity contribution in [1.82, 2.24) is 4.57 Å². The molecule has 1 aromatic carbocycles. The molecule has 1 heterocycles. The summed E-state index contributed by atoms with van der Waals surface area (Å²) in [7, 11) is 0. The smallest absolute Gasteiger partial charge is 0.269 e. The number of imidazole rings is 1. The third-order valence-corrected chi connectivity index (χ3v) is 2.60. The Morgan fingerprint density at radius 2 is 2.05 bits per heavy atom. The molecule has 0 saturated heterocycles. The Bertz CT molecular complexity index is 564. The van der Waals surface area contributed by atoms with E-state index in [-0.39, 0.29) is 22.7 Å². The Hall–Kier alpha value is -1.95. The first kappa shape index (κ1) is 15.1. The first-order valence-electron chi connectivity index (χ1n) is 5.58. The molecule has 0 aliphatic rings. The van der Waals surface area contributed by atoms with Gasteiger partial charge in [0.15, 0.2) is 0 Å². The van der Waals surface area contributed by atoms with Crippen LogP contribution in [0.3, 0.4) is 0 Å². The van der Waals surface area contributed by atoms with Crippen LogP contribution in [-0.2, 0) is 13.1 Å². The highest BCUT2D eigenvalue weighted by Gasteiger charge is 2.06. The second-order valence-electron chi connectivity index (χ2n) is 3.99. The van der Waals surface area contributed by atoms with Gasteiger partial charge in [0, 0.05) is 12.1 Å². The Morgan fingerprint density at radius 1 is 1.37 bits per heavy atom. The SMILES string of the molecule is C=CCn1cc[n+](Cc2ccc([N+](=O)[O-])cc2)c1.[Br-]. The van der Waals surface area contributed by atoms with Crippen LogP contribution in [0, 0.1) is 10.1 Å². The molecule has 0 spiro atoms. The number of halogens is 1. The number of rotatable bonds is 5. The molecule has 2 aromatic rings. The molecule has 0 aliphatic carbocycles. The molecule has 2 rings (SSSR count). The van der Waals surface area contributed by atoms with Gasteiger partial charge >= 0.3 is 0 Å². The van der Waals surface area contributed by atoms with E-state index in [4.69, 9.17) is 0 Å². The quantitative estimate of drug-likeness (QED) is 0.304. The minimum atomic E-state index is -0.391. The van der Waals surface area contributed by atoms with Crippen molar-refractivity contribution in [1.29, 1.82) is 0 Å². The average Bonchev–Trinajstić information content (AvgIpc) is 2.78. The maximum absolute atomic E-state index is 10.5. The third-order valence-electron chi connectivity index (χ3n) is 2.60. The highest BCUT2D eigenvalue weighted by molar-refractivity contribution is 5.32. The van der Waals surface area contributed by atoms with Gasteiger partial charge < -0.3 is 17.0 Å². The van der Waals surface area contributed by atoms with Crippen molar-refractivity contribution in [2.45, 2.75) is 13.1 Å². The molecule has 0 atom stereocenters. The van der Waals surface area contributed by atoms with E-state index in [0.717, 1.165) is 12.1 Å². The van der Waals surface area contributed by atoms with Crippen LogP contribution in [0.2, 0.25) is 0 Å². The number of non-ortho nitro benzene ring substituents is 1. The molecule has 0 unspecified atom stereocenters. The normalized spacial score (nSPS) is 9.68. The van der Waals surface area contributed by atoms with Crippen molar-refractivity contribution in [3.63, 3.8) is 0 Å². The van der Waals surface area contributed by atoms with Crippen molar-refractivity contribution in [2.24, 2.45) is 0 Å². The fourth-order valence-corrected chi connectivity index (χ4v) is 1.72. The lowest BCUT2D eigenvalue weighted by Gasteiger charge is -1.97. The Kier molecular flexibility index (Phi) is 5.44. The van der Waals surface area contributed by atoms with Crippen LogP contribution < -0.4 is 21.5 Å². The molecule has 1 aromatic heterocycles. The van der Waals surface area contributed by atoms with Gasteiger partial charge in [0.05, 0.1) is 4.92 Å². The van der Waals surface area contributed by atoms with Gasteiger partial charge in [0.25, 0.3) is 5.69 Å². The standard InChI is InChI=1S/C13H14N3O2.BrH/c1-2-7-14-8-9-15(11-14)10-12-3-5-13(6-4-12)16(17)18;/h2-6,8-9,11H,1,7,10H2;1H/q+1;/p-1. The average molecular weight is 324 g/mol. The van der Waals surface area contributed by atoms with E-state index in [0.29, 0.717) is 6.54 Å². The zero-order chi connectivity index (χ0) is 13.0. The predicted molar refractivity (Wildman–Crippen MR) is 67.0 cm³/mol. The van der Waals surface area contributed by atoms with Crippen LogP contribution in [0.4, 0.5) is 5.69 Å². The molecule has 0 aliphatic heterocycles. The van der Waals surface area contributed by atoms with Gasteiger partial charge in [0.1, 0.15) is 25.5 Å². The molecular formula is C13H14BrN3O2. The number of nitro groups is 1. The van der Waals surface area contributed by atoms with Crippen LogP contribution in [0.5, 0.6) is 0 Å². The van der Waals surface area contributed by atoms with Crippen LogP contribution in [0.25, 0.3) is 0 Å². The Morgan fingerprint density at radius 3 is 2.63 bits per heavy atom. The highest BCUT2D eigenvalue weighted by Crippen LogP contribution is 2.11. The van der Waals surface area contributed by atoms with Crippen molar-refractivity contribution in [3.8, 4) is 0 Å². The van der Waals surface area contributed by atoms with Crippen LogP contribution in [-0.4, -0.2) is 9.49 Å². The third kappa shape index (κ3) is 4.03. The van der Waals surface area contributed by atoms with E-state index in [2.05, 4.69) is 6.58 Å². The van der Waals surface area contributed by atoms with Crippen molar-refractivity contribution < 1.29 is 26.5 Å². The first-order valence-corrected chi connectivity index (χ1v) is 5.58. The molecule has 100 valence electrons. The largest absolute Gasteiger partial charge is 1.00 e. The van der Waals surface area contributed by atoms with Crippen LogP contribution >= 0.6 is 0 Å². The van der Waals surface area contributed by atoms with Gasteiger partial charge in [-0.2, -0.15) is 0 Å². The maximum Gasteiger partial charge on any atom is 0.269 e. The molecule has 6 heteroatoms. The van der Waals surface area contributed by atoms with E-state index in [1.54, 1.807) is 12.1 Å². The van der Waals surface area contributed by atoms with Crippen molar-refractivity contribution >= 4 is 5.69 Å². The van der Waals surface area contributed by atoms with Gasteiger partial charge in [0.2, 0.25) is 6.33 Å². The minimum absolute atomic E-state index is 0. The summed E-state index contributed by atoms with van der Waals surface area (Å²) in [6.07, 6.45) is 7.73. The molecule has 0 bridgehead atoms. The zero-order valence-electron chi connectivity index (χ0n) is 10.3. The molecule has 0 saturated carbocycles. The molecule has 0 amide bonds. The maximum atomic E-state index is 10.5. The number of nitrogens with zero attached hydrogens (tertiary/aromatic N) is 3. The number of allylic oxidation sites excluding steroid dienone is 1.